The fraction of sp³-hybridized carbons (Fsp3) is 0.222. The van der Waals surface area contributed by atoms with Gasteiger partial charge in [-0.2, -0.15) is 0 Å². The lowest BCUT2D eigenvalue weighted by Gasteiger charge is -2.32. The molecule has 1 unspecified atom stereocenters. The maximum Gasteiger partial charge on any atom is 0.0572 e. The lowest BCUT2D eigenvalue weighted by Crippen LogP contribution is -2.33. The molecule has 0 radical (unpaired) electrons. The van der Waals surface area contributed by atoms with E-state index in [1.807, 2.05) is 0 Å². The van der Waals surface area contributed by atoms with Crippen LogP contribution in [0, 0.1) is 0 Å². The summed E-state index contributed by atoms with van der Waals surface area (Å²) >= 11 is 0. The van der Waals surface area contributed by atoms with Crippen molar-refractivity contribution in [3.8, 4) is 11.1 Å². The summed E-state index contributed by atoms with van der Waals surface area (Å²) < 4.78 is 0. The molecule has 0 bridgehead atoms. The number of aliphatic hydroxyl groups is 2. The molecule has 2 heteroatoms. The first-order chi connectivity index (χ1) is 18.7. The highest BCUT2D eigenvalue weighted by Crippen LogP contribution is 2.52. The van der Waals surface area contributed by atoms with E-state index in [0.29, 0.717) is 0 Å². The average Bonchev–Trinajstić information content (AvgIpc) is 3.43. The van der Waals surface area contributed by atoms with Gasteiger partial charge in [-0.15, -0.1) is 0 Å². The van der Waals surface area contributed by atoms with Gasteiger partial charge in [-0.05, 0) is 81.3 Å². The highest BCUT2D eigenvalue weighted by atomic mass is 16.3. The van der Waals surface area contributed by atoms with E-state index in [-0.39, 0.29) is 13.2 Å². The van der Waals surface area contributed by atoms with Crippen LogP contribution < -0.4 is 0 Å². The maximum absolute atomic E-state index is 10.9. The molecule has 3 aliphatic carbocycles. The Bertz CT molecular complexity index is 1540. The van der Waals surface area contributed by atoms with Gasteiger partial charge in [-0.1, -0.05) is 109 Å². The standard InChI is InChI=1S/C36H32O2/c37-23-35(31-13-5-1-9-27(31)28-10-2-6-14-32(28)35)21-25-17-19-26(20-18-25)22-36(24-38)33-15-7-3-11-29(33)30-12-4-8-16-34(30)36/h1-3,5-11,13-20,37-38H,4,12,21-24H2. The number of rotatable bonds is 6. The van der Waals surface area contributed by atoms with Crippen LogP contribution >= 0.6 is 0 Å². The Hall–Kier alpha value is -3.72. The number of aliphatic hydroxyl groups excluding tert-OH is 2. The highest BCUT2D eigenvalue weighted by Gasteiger charge is 2.45. The van der Waals surface area contributed by atoms with Crippen LogP contribution in [0.2, 0.25) is 0 Å². The predicted octanol–water partition coefficient (Wildman–Crippen LogP) is 6.78. The van der Waals surface area contributed by atoms with Crippen LogP contribution in [0.4, 0.5) is 0 Å². The minimum absolute atomic E-state index is 0.0659. The van der Waals surface area contributed by atoms with Gasteiger partial charge in [0.1, 0.15) is 0 Å². The Balaban J connectivity index is 1.23. The van der Waals surface area contributed by atoms with Crippen LogP contribution in [0.25, 0.3) is 16.7 Å². The second-order valence-electron chi connectivity index (χ2n) is 11.1. The molecule has 0 spiro atoms. The highest BCUT2D eigenvalue weighted by molar-refractivity contribution is 5.84. The summed E-state index contributed by atoms with van der Waals surface area (Å²) in [4.78, 5) is 0. The smallest absolute Gasteiger partial charge is 0.0572 e. The molecule has 0 aromatic heterocycles. The number of hydrogen-bond donors (Lipinski definition) is 2. The molecule has 4 aromatic rings. The van der Waals surface area contributed by atoms with Crippen molar-refractivity contribution in [2.45, 2.75) is 36.5 Å². The molecule has 3 aliphatic rings. The molecule has 0 fully saturated rings. The van der Waals surface area contributed by atoms with Crippen molar-refractivity contribution in [1.29, 1.82) is 0 Å². The fourth-order valence-electron chi connectivity index (χ4n) is 7.42. The van der Waals surface area contributed by atoms with Crippen molar-refractivity contribution in [3.05, 3.63) is 148 Å². The second kappa shape index (κ2) is 8.94. The van der Waals surface area contributed by atoms with Crippen LogP contribution in [0.15, 0.2) is 115 Å². The van der Waals surface area contributed by atoms with Crippen molar-refractivity contribution in [1.82, 2.24) is 0 Å². The Labute approximate surface area is 224 Å². The van der Waals surface area contributed by atoms with E-state index >= 15 is 0 Å². The molecular weight excluding hydrogens is 464 g/mol. The summed E-state index contributed by atoms with van der Waals surface area (Å²) in [6.45, 7) is 0.159. The molecule has 0 aliphatic heterocycles. The minimum Gasteiger partial charge on any atom is -0.395 e. The lowest BCUT2D eigenvalue weighted by atomic mass is 9.72. The summed E-state index contributed by atoms with van der Waals surface area (Å²) in [6, 6.07) is 34.5. The van der Waals surface area contributed by atoms with Crippen molar-refractivity contribution in [2.75, 3.05) is 13.2 Å². The van der Waals surface area contributed by atoms with Gasteiger partial charge in [-0.3, -0.25) is 0 Å². The number of fused-ring (bicyclic) bond motifs is 5. The van der Waals surface area contributed by atoms with E-state index in [4.69, 9.17) is 0 Å². The van der Waals surface area contributed by atoms with Gasteiger partial charge < -0.3 is 10.2 Å². The van der Waals surface area contributed by atoms with Crippen molar-refractivity contribution >= 4 is 5.57 Å². The van der Waals surface area contributed by atoms with Crippen LogP contribution in [-0.2, 0) is 23.7 Å². The quantitative estimate of drug-likeness (QED) is 0.309. The summed E-state index contributed by atoms with van der Waals surface area (Å²) in [7, 11) is 0. The largest absolute Gasteiger partial charge is 0.395 e. The van der Waals surface area contributed by atoms with Crippen LogP contribution in [0.1, 0.15) is 46.2 Å². The van der Waals surface area contributed by atoms with E-state index in [0.717, 1.165) is 25.7 Å². The first-order valence-corrected chi connectivity index (χ1v) is 13.7. The zero-order valence-electron chi connectivity index (χ0n) is 21.5. The zero-order chi connectivity index (χ0) is 25.7. The molecule has 0 amide bonds. The maximum atomic E-state index is 10.9. The van der Waals surface area contributed by atoms with E-state index < -0.39 is 10.8 Å². The third-order valence-corrected chi connectivity index (χ3v) is 9.20. The molecule has 2 N–H and O–H groups in total. The van der Waals surface area contributed by atoms with Crippen molar-refractivity contribution in [2.24, 2.45) is 0 Å². The zero-order valence-corrected chi connectivity index (χ0v) is 21.5. The molecule has 38 heavy (non-hydrogen) atoms. The van der Waals surface area contributed by atoms with Gasteiger partial charge in [0.05, 0.1) is 13.2 Å². The monoisotopic (exact) mass is 496 g/mol. The number of allylic oxidation sites excluding steroid dienone is 3. The van der Waals surface area contributed by atoms with Crippen LogP contribution in [0.3, 0.4) is 0 Å². The van der Waals surface area contributed by atoms with Gasteiger partial charge in [0, 0.05) is 10.8 Å². The van der Waals surface area contributed by atoms with Gasteiger partial charge in [0.25, 0.3) is 0 Å². The van der Waals surface area contributed by atoms with E-state index in [1.165, 1.54) is 55.7 Å². The first kappa shape index (κ1) is 23.4. The van der Waals surface area contributed by atoms with Crippen molar-refractivity contribution in [3.63, 3.8) is 0 Å². The molecule has 1 atom stereocenters. The van der Waals surface area contributed by atoms with E-state index in [1.54, 1.807) is 0 Å². The van der Waals surface area contributed by atoms with Gasteiger partial charge in [0.2, 0.25) is 0 Å². The van der Waals surface area contributed by atoms with Crippen LogP contribution in [0.5, 0.6) is 0 Å². The minimum atomic E-state index is -0.446. The summed E-state index contributed by atoms with van der Waals surface area (Å²) in [5.41, 5.74) is 11.7. The third kappa shape index (κ3) is 3.27. The molecule has 0 heterocycles. The molecule has 7 rings (SSSR count). The van der Waals surface area contributed by atoms with E-state index in [9.17, 15) is 10.2 Å². The Kier molecular flexibility index (Phi) is 5.51. The Morgan fingerprint density at radius 3 is 1.58 bits per heavy atom. The number of hydrogen-bond acceptors (Lipinski definition) is 2. The molecule has 188 valence electrons. The van der Waals surface area contributed by atoms with Gasteiger partial charge in [-0.25, -0.2) is 0 Å². The normalized spacial score (nSPS) is 20.2. The van der Waals surface area contributed by atoms with Gasteiger partial charge in [0.15, 0.2) is 0 Å². The molecule has 0 saturated heterocycles. The molecule has 0 saturated carbocycles. The lowest BCUT2D eigenvalue weighted by molar-refractivity contribution is 0.220. The predicted molar refractivity (Wildman–Crippen MR) is 154 cm³/mol. The SMILES string of the molecule is OCC1(Cc2ccc(CC3(CO)c4ccccc4-c4ccccc43)cc2)C2=C(CCC=C2)c2ccccc21. The molecule has 2 nitrogen and oxygen atoms in total. The average molecular weight is 497 g/mol. The third-order valence-electron chi connectivity index (χ3n) is 9.20. The number of benzene rings is 4. The van der Waals surface area contributed by atoms with Gasteiger partial charge >= 0.3 is 0 Å². The van der Waals surface area contributed by atoms with E-state index in [2.05, 4.69) is 109 Å². The Morgan fingerprint density at radius 2 is 1.03 bits per heavy atom. The molecule has 4 aromatic carbocycles. The first-order valence-electron chi connectivity index (χ1n) is 13.7. The van der Waals surface area contributed by atoms with Crippen molar-refractivity contribution < 1.29 is 10.2 Å². The van der Waals surface area contributed by atoms with Crippen LogP contribution in [-0.4, -0.2) is 23.4 Å². The fourth-order valence-corrected chi connectivity index (χ4v) is 7.42. The molecular formula is C36H32O2. The summed E-state index contributed by atoms with van der Waals surface area (Å²) in [5, 5.41) is 21.7. The second-order valence-corrected chi connectivity index (χ2v) is 11.1. The Morgan fingerprint density at radius 1 is 0.553 bits per heavy atom. The summed E-state index contributed by atoms with van der Waals surface area (Å²) in [5.74, 6) is 0. The summed E-state index contributed by atoms with van der Waals surface area (Å²) in [6.07, 6.45) is 8.11. The topological polar surface area (TPSA) is 40.5 Å².